The number of carbonyl (C=O) groups excluding carboxylic acids is 2. The molecule has 0 fully saturated rings. The first kappa shape index (κ1) is 22.5. The van der Waals surface area contributed by atoms with Gasteiger partial charge >= 0.3 is 0 Å². The summed E-state index contributed by atoms with van der Waals surface area (Å²) in [6.45, 7) is 6.90. The number of rotatable bonds is 11. The van der Waals surface area contributed by atoms with Crippen molar-refractivity contribution in [2.24, 2.45) is 0 Å². The van der Waals surface area contributed by atoms with Crippen molar-refractivity contribution in [3.63, 3.8) is 0 Å². The standard InChI is InChI=1S/C24H32N2O3/c1-4-6-16-25-24(28)22(5-2)26(17-20-10-8-7-9-11-20)23(27)18-29-21-14-12-19(3)13-15-21/h7-15,22H,4-6,16-18H2,1-3H3,(H,25,28)/t22-/m0/s1. The van der Waals surface area contributed by atoms with E-state index in [1.807, 2.05) is 68.4 Å². The van der Waals surface area contributed by atoms with E-state index in [9.17, 15) is 9.59 Å². The third-order valence-corrected chi connectivity index (χ3v) is 4.79. The number of ether oxygens (including phenoxy) is 1. The van der Waals surface area contributed by atoms with Crippen molar-refractivity contribution in [2.45, 2.75) is 52.6 Å². The van der Waals surface area contributed by atoms with Crippen molar-refractivity contribution < 1.29 is 14.3 Å². The lowest BCUT2D eigenvalue weighted by Crippen LogP contribution is -2.50. The number of amides is 2. The van der Waals surface area contributed by atoms with E-state index < -0.39 is 6.04 Å². The van der Waals surface area contributed by atoms with Gasteiger partial charge in [0.05, 0.1) is 0 Å². The van der Waals surface area contributed by atoms with Crippen LogP contribution in [-0.4, -0.2) is 35.9 Å². The quantitative estimate of drug-likeness (QED) is 0.582. The molecule has 2 aromatic carbocycles. The highest BCUT2D eigenvalue weighted by Crippen LogP contribution is 2.15. The summed E-state index contributed by atoms with van der Waals surface area (Å²) in [5.41, 5.74) is 2.11. The second kappa shape index (κ2) is 11.9. The number of aryl methyl sites for hydroxylation is 1. The first-order valence-corrected chi connectivity index (χ1v) is 10.4. The summed E-state index contributed by atoms with van der Waals surface area (Å²) in [4.78, 5) is 27.4. The van der Waals surface area contributed by atoms with Crippen LogP contribution in [0.2, 0.25) is 0 Å². The Morgan fingerprint density at radius 3 is 2.34 bits per heavy atom. The third kappa shape index (κ3) is 7.26. The molecule has 0 radical (unpaired) electrons. The highest BCUT2D eigenvalue weighted by atomic mass is 16.5. The number of carbonyl (C=O) groups is 2. The maximum absolute atomic E-state index is 13.0. The van der Waals surface area contributed by atoms with Crippen molar-refractivity contribution >= 4 is 11.8 Å². The average molecular weight is 397 g/mol. The summed E-state index contributed by atoms with van der Waals surface area (Å²) < 4.78 is 5.69. The summed E-state index contributed by atoms with van der Waals surface area (Å²) in [5.74, 6) is 0.330. The van der Waals surface area contributed by atoms with Gasteiger partial charge in [0, 0.05) is 13.1 Å². The Kier molecular flexibility index (Phi) is 9.22. The molecule has 0 saturated carbocycles. The van der Waals surface area contributed by atoms with Crippen LogP contribution in [0.4, 0.5) is 0 Å². The van der Waals surface area contributed by atoms with Gasteiger partial charge in [-0.3, -0.25) is 9.59 Å². The van der Waals surface area contributed by atoms with Crippen LogP contribution in [0.5, 0.6) is 5.75 Å². The molecule has 0 unspecified atom stereocenters. The summed E-state index contributed by atoms with van der Waals surface area (Å²) in [6.07, 6.45) is 2.47. The molecule has 2 amide bonds. The zero-order valence-corrected chi connectivity index (χ0v) is 17.7. The Hall–Kier alpha value is -2.82. The molecule has 5 heteroatoms. The maximum atomic E-state index is 13.0. The van der Waals surface area contributed by atoms with Gasteiger partial charge in [0.1, 0.15) is 11.8 Å². The number of hydrogen-bond donors (Lipinski definition) is 1. The topological polar surface area (TPSA) is 58.6 Å². The molecule has 2 rings (SSSR count). The van der Waals surface area contributed by atoms with Crippen molar-refractivity contribution in [1.82, 2.24) is 10.2 Å². The van der Waals surface area contributed by atoms with Crippen molar-refractivity contribution in [1.29, 1.82) is 0 Å². The van der Waals surface area contributed by atoms with Gasteiger partial charge in [-0.15, -0.1) is 0 Å². The Labute approximate surface area is 174 Å². The molecule has 29 heavy (non-hydrogen) atoms. The predicted molar refractivity (Wildman–Crippen MR) is 116 cm³/mol. The van der Waals surface area contributed by atoms with Crippen LogP contribution in [-0.2, 0) is 16.1 Å². The molecule has 0 saturated heterocycles. The lowest BCUT2D eigenvalue weighted by molar-refractivity contribution is -0.143. The minimum Gasteiger partial charge on any atom is -0.484 e. The van der Waals surface area contributed by atoms with Crippen molar-refractivity contribution in [3.8, 4) is 5.75 Å². The fraction of sp³-hybridized carbons (Fsp3) is 0.417. The normalized spacial score (nSPS) is 11.6. The van der Waals surface area contributed by atoms with E-state index in [4.69, 9.17) is 4.74 Å². The maximum Gasteiger partial charge on any atom is 0.261 e. The Balaban J connectivity index is 2.12. The minimum atomic E-state index is -0.527. The molecule has 0 spiro atoms. The first-order chi connectivity index (χ1) is 14.0. The summed E-state index contributed by atoms with van der Waals surface area (Å²) in [5, 5.41) is 2.96. The molecule has 0 aliphatic rings. The van der Waals surface area contributed by atoms with Gasteiger partial charge < -0.3 is 15.0 Å². The molecule has 5 nitrogen and oxygen atoms in total. The summed E-state index contributed by atoms with van der Waals surface area (Å²) in [7, 11) is 0. The minimum absolute atomic E-state index is 0.103. The molecule has 0 heterocycles. The number of hydrogen-bond acceptors (Lipinski definition) is 3. The Morgan fingerprint density at radius 1 is 1.03 bits per heavy atom. The van der Waals surface area contributed by atoms with Crippen LogP contribution < -0.4 is 10.1 Å². The Bertz CT molecular complexity index is 759. The molecule has 0 aromatic heterocycles. The summed E-state index contributed by atoms with van der Waals surface area (Å²) >= 11 is 0. The molecular formula is C24H32N2O3. The van der Waals surface area contributed by atoms with Gasteiger partial charge in [-0.2, -0.15) is 0 Å². The van der Waals surface area contributed by atoms with Crippen molar-refractivity contribution in [2.75, 3.05) is 13.2 Å². The van der Waals surface area contributed by atoms with Crippen LogP contribution in [0.15, 0.2) is 54.6 Å². The third-order valence-electron chi connectivity index (χ3n) is 4.79. The van der Waals surface area contributed by atoms with Crippen LogP contribution >= 0.6 is 0 Å². The van der Waals surface area contributed by atoms with Gasteiger partial charge in [-0.1, -0.05) is 68.3 Å². The molecular weight excluding hydrogens is 364 g/mol. The fourth-order valence-electron chi connectivity index (χ4n) is 3.07. The van der Waals surface area contributed by atoms with E-state index in [1.54, 1.807) is 4.90 Å². The number of nitrogens with one attached hydrogen (secondary N) is 1. The van der Waals surface area contributed by atoms with Gasteiger partial charge in [0.15, 0.2) is 6.61 Å². The van der Waals surface area contributed by atoms with Gasteiger partial charge in [-0.25, -0.2) is 0 Å². The van der Waals surface area contributed by atoms with Crippen LogP contribution in [0, 0.1) is 6.92 Å². The van der Waals surface area contributed by atoms with Crippen LogP contribution in [0.3, 0.4) is 0 Å². The van der Waals surface area contributed by atoms with E-state index in [-0.39, 0.29) is 18.4 Å². The molecule has 1 N–H and O–H groups in total. The van der Waals surface area contributed by atoms with E-state index in [2.05, 4.69) is 12.2 Å². The average Bonchev–Trinajstić information content (AvgIpc) is 2.74. The van der Waals surface area contributed by atoms with E-state index >= 15 is 0 Å². The number of nitrogens with zero attached hydrogens (tertiary/aromatic N) is 1. The summed E-state index contributed by atoms with van der Waals surface area (Å²) in [6, 6.07) is 16.8. The highest BCUT2D eigenvalue weighted by Gasteiger charge is 2.28. The smallest absolute Gasteiger partial charge is 0.261 e. The molecule has 1 atom stereocenters. The van der Waals surface area contributed by atoms with Gasteiger partial charge in [-0.05, 0) is 37.5 Å². The fourth-order valence-corrected chi connectivity index (χ4v) is 3.07. The van der Waals surface area contributed by atoms with Crippen molar-refractivity contribution in [3.05, 3.63) is 65.7 Å². The van der Waals surface area contributed by atoms with Gasteiger partial charge in [0.2, 0.25) is 5.91 Å². The lowest BCUT2D eigenvalue weighted by atomic mass is 10.1. The molecule has 2 aromatic rings. The Morgan fingerprint density at radius 2 is 1.72 bits per heavy atom. The number of unbranched alkanes of at least 4 members (excludes halogenated alkanes) is 1. The zero-order chi connectivity index (χ0) is 21.1. The highest BCUT2D eigenvalue weighted by molar-refractivity contribution is 5.88. The SMILES string of the molecule is CCCCNC(=O)[C@H](CC)N(Cc1ccccc1)C(=O)COc1ccc(C)cc1. The van der Waals surface area contributed by atoms with Gasteiger partial charge in [0.25, 0.3) is 5.91 Å². The second-order valence-corrected chi connectivity index (χ2v) is 7.18. The second-order valence-electron chi connectivity index (χ2n) is 7.18. The van der Waals surface area contributed by atoms with E-state index in [0.29, 0.717) is 25.3 Å². The molecule has 0 aliphatic carbocycles. The van der Waals surface area contributed by atoms with E-state index in [1.165, 1.54) is 0 Å². The van der Waals surface area contributed by atoms with E-state index in [0.717, 1.165) is 24.0 Å². The van der Waals surface area contributed by atoms with Crippen LogP contribution in [0.25, 0.3) is 0 Å². The number of benzene rings is 2. The monoisotopic (exact) mass is 396 g/mol. The molecule has 0 bridgehead atoms. The zero-order valence-electron chi connectivity index (χ0n) is 17.7. The molecule has 156 valence electrons. The van der Waals surface area contributed by atoms with Crippen LogP contribution in [0.1, 0.15) is 44.2 Å². The predicted octanol–water partition coefficient (Wildman–Crippen LogP) is 4.10. The molecule has 0 aliphatic heterocycles. The largest absolute Gasteiger partial charge is 0.484 e. The lowest BCUT2D eigenvalue weighted by Gasteiger charge is -2.30. The first-order valence-electron chi connectivity index (χ1n) is 10.4.